The Morgan fingerprint density at radius 3 is 2.56 bits per heavy atom. The van der Waals surface area contributed by atoms with Crippen LogP contribution in [0.4, 0.5) is 0 Å². The van der Waals surface area contributed by atoms with Gasteiger partial charge in [0.1, 0.15) is 5.75 Å². The fourth-order valence-corrected chi connectivity index (χ4v) is 5.89. The topological polar surface area (TPSA) is 88.6 Å². The molecule has 34 heavy (non-hydrogen) atoms. The number of rotatable bonds is 9. The third-order valence-corrected chi connectivity index (χ3v) is 8.41. The van der Waals surface area contributed by atoms with E-state index in [1.165, 1.54) is 0 Å². The molecule has 4 rings (SSSR count). The van der Waals surface area contributed by atoms with Crippen molar-refractivity contribution in [1.29, 1.82) is 0 Å². The number of piperidine rings is 1. The predicted molar refractivity (Wildman–Crippen MR) is 132 cm³/mol. The lowest BCUT2D eigenvalue weighted by atomic mass is 9.92. The van der Waals surface area contributed by atoms with Crippen LogP contribution in [0.2, 0.25) is 0 Å². The lowest BCUT2D eigenvalue weighted by molar-refractivity contribution is 0.0953. The number of nitrogens with zero attached hydrogens (tertiary/aromatic N) is 2. The number of nitrogens with one attached hydrogen (secondary N) is 1. The van der Waals surface area contributed by atoms with E-state index >= 15 is 0 Å². The fourth-order valence-electron chi connectivity index (χ4n) is 4.42. The average molecular weight is 482 g/mol. The molecule has 0 spiro atoms. The van der Waals surface area contributed by atoms with Gasteiger partial charge in [0.2, 0.25) is 10.0 Å². The first kappa shape index (κ1) is 24.2. The zero-order valence-electron chi connectivity index (χ0n) is 19.4. The number of hydrogen-bond donors (Lipinski definition) is 1. The molecule has 0 aliphatic carbocycles. The van der Waals surface area contributed by atoms with Crippen molar-refractivity contribution in [2.24, 2.45) is 5.92 Å². The van der Waals surface area contributed by atoms with Crippen molar-refractivity contribution in [3.8, 4) is 5.75 Å². The molecule has 1 aromatic heterocycles. The SMILES string of the molecule is COc1ccc(S(=O)(=O)N2CCC(CCCCNC(=O)c3ccc4ccncc4c3)CC2)cc1. The van der Waals surface area contributed by atoms with Gasteiger partial charge in [-0.25, -0.2) is 8.42 Å². The maximum Gasteiger partial charge on any atom is 0.251 e. The largest absolute Gasteiger partial charge is 0.497 e. The first-order valence-electron chi connectivity index (χ1n) is 11.7. The summed E-state index contributed by atoms with van der Waals surface area (Å²) in [5.41, 5.74) is 0.644. The van der Waals surface area contributed by atoms with Crippen molar-refractivity contribution >= 4 is 26.7 Å². The highest BCUT2D eigenvalue weighted by atomic mass is 32.2. The summed E-state index contributed by atoms with van der Waals surface area (Å²) in [6.07, 6.45) is 8.21. The lowest BCUT2D eigenvalue weighted by Gasteiger charge is -2.31. The molecule has 1 aliphatic rings. The van der Waals surface area contributed by atoms with E-state index in [0.717, 1.165) is 42.9 Å². The van der Waals surface area contributed by atoms with Gasteiger partial charge in [-0.15, -0.1) is 0 Å². The Labute approximate surface area is 201 Å². The molecule has 0 unspecified atom stereocenters. The molecule has 1 amide bonds. The maximum absolute atomic E-state index is 12.9. The van der Waals surface area contributed by atoms with Crippen molar-refractivity contribution in [3.63, 3.8) is 0 Å². The van der Waals surface area contributed by atoms with Crippen LogP contribution in [-0.2, 0) is 10.0 Å². The second-order valence-corrected chi connectivity index (χ2v) is 10.7. The van der Waals surface area contributed by atoms with E-state index in [9.17, 15) is 13.2 Å². The second-order valence-electron chi connectivity index (χ2n) is 8.71. The average Bonchev–Trinajstić information content (AvgIpc) is 2.88. The highest BCUT2D eigenvalue weighted by Crippen LogP contribution is 2.27. The molecule has 7 nitrogen and oxygen atoms in total. The van der Waals surface area contributed by atoms with Crippen molar-refractivity contribution in [3.05, 3.63) is 66.5 Å². The van der Waals surface area contributed by atoms with E-state index in [1.807, 2.05) is 24.3 Å². The summed E-state index contributed by atoms with van der Waals surface area (Å²) in [6.45, 7) is 1.73. The number of hydrogen-bond acceptors (Lipinski definition) is 5. The summed E-state index contributed by atoms with van der Waals surface area (Å²) in [4.78, 5) is 16.9. The number of pyridine rings is 1. The number of ether oxygens (including phenoxy) is 1. The van der Waals surface area contributed by atoms with Crippen LogP contribution in [0.25, 0.3) is 10.8 Å². The quantitative estimate of drug-likeness (QED) is 0.462. The minimum atomic E-state index is -3.46. The van der Waals surface area contributed by atoms with Crippen molar-refractivity contribution < 1.29 is 17.9 Å². The van der Waals surface area contributed by atoms with Gasteiger partial charge in [0.15, 0.2) is 0 Å². The Hall–Kier alpha value is -2.97. The van der Waals surface area contributed by atoms with Gasteiger partial charge in [0, 0.05) is 43.0 Å². The molecular formula is C26H31N3O4S. The van der Waals surface area contributed by atoms with Crippen molar-refractivity contribution in [1.82, 2.24) is 14.6 Å². The van der Waals surface area contributed by atoms with Gasteiger partial charge in [-0.05, 0) is 73.0 Å². The van der Waals surface area contributed by atoms with Gasteiger partial charge in [0.25, 0.3) is 5.91 Å². The summed E-state index contributed by atoms with van der Waals surface area (Å²) in [6, 6.07) is 14.1. The van der Waals surface area contributed by atoms with Gasteiger partial charge >= 0.3 is 0 Å². The molecule has 2 aromatic carbocycles. The van der Waals surface area contributed by atoms with Crippen molar-refractivity contribution in [2.45, 2.75) is 37.0 Å². The third kappa shape index (κ3) is 5.74. The molecule has 0 atom stereocenters. The van der Waals surface area contributed by atoms with Crippen LogP contribution in [0.3, 0.4) is 0 Å². The van der Waals surface area contributed by atoms with E-state index in [1.54, 1.807) is 48.1 Å². The highest BCUT2D eigenvalue weighted by Gasteiger charge is 2.29. The number of carbonyl (C=O) groups excluding carboxylic acids is 1. The van der Waals surface area contributed by atoms with Crippen LogP contribution in [0.1, 0.15) is 42.5 Å². The molecular weight excluding hydrogens is 450 g/mol. The summed E-state index contributed by atoms with van der Waals surface area (Å²) >= 11 is 0. The Kier molecular flexibility index (Phi) is 7.80. The first-order chi connectivity index (χ1) is 16.5. The smallest absolute Gasteiger partial charge is 0.251 e. The Morgan fingerprint density at radius 2 is 1.82 bits per heavy atom. The maximum atomic E-state index is 12.9. The fraction of sp³-hybridized carbons (Fsp3) is 0.385. The van der Waals surface area contributed by atoms with Gasteiger partial charge in [-0.3, -0.25) is 9.78 Å². The van der Waals surface area contributed by atoms with Gasteiger partial charge in [-0.1, -0.05) is 18.9 Å². The number of aromatic nitrogens is 1. The molecule has 2 heterocycles. The number of amides is 1. The zero-order valence-corrected chi connectivity index (χ0v) is 20.3. The normalized spacial score (nSPS) is 15.3. The van der Waals surface area contributed by atoms with E-state index in [2.05, 4.69) is 10.3 Å². The Morgan fingerprint density at radius 1 is 1.06 bits per heavy atom. The monoisotopic (exact) mass is 481 g/mol. The molecule has 1 N–H and O–H groups in total. The number of carbonyl (C=O) groups is 1. The van der Waals surface area contributed by atoms with E-state index < -0.39 is 10.0 Å². The summed E-state index contributed by atoms with van der Waals surface area (Å²) in [5.74, 6) is 1.09. The van der Waals surface area contributed by atoms with Crippen LogP contribution in [0.15, 0.2) is 65.8 Å². The van der Waals surface area contributed by atoms with E-state index in [-0.39, 0.29) is 5.91 Å². The lowest BCUT2D eigenvalue weighted by Crippen LogP contribution is -2.38. The molecule has 0 radical (unpaired) electrons. The van der Waals surface area contributed by atoms with E-state index in [0.29, 0.717) is 41.8 Å². The summed E-state index contributed by atoms with van der Waals surface area (Å²) in [5, 5.41) is 5.02. The van der Waals surface area contributed by atoms with Gasteiger partial charge < -0.3 is 10.1 Å². The molecule has 0 saturated carbocycles. The summed E-state index contributed by atoms with van der Waals surface area (Å²) in [7, 11) is -1.90. The van der Waals surface area contributed by atoms with Crippen molar-refractivity contribution in [2.75, 3.05) is 26.7 Å². The highest BCUT2D eigenvalue weighted by molar-refractivity contribution is 7.89. The van der Waals surface area contributed by atoms with Crippen LogP contribution in [0.5, 0.6) is 5.75 Å². The van der Waals surface area contributed by atoms with Gasteiger partial charge in [0.05, 0.1) is 12.0 Å². The van der Waals surface area contributed by atoms with Crippen LogP contribution in [-0.4, -0.2) is 50.4 Å². The standard InChI is InChI=1S/C26H31N3O4S/c1-33-24-7-9-25(10-8-24)34(31,32)29-16-12-20(13-17-29)4-2-3-14-28-26(30)22-6-5-21-11-15-27-19-23(21)18-22/h5-11,15,18-20H,2-4,12-14,16-17H2,1H3,(H,28,30). The predicted octanol–water partition coefficient (Wildman–Crippen LogP) is 4.24. The molecule has 1 saturated heterocycles. The Balaban J connectivity index is 1.17. The number of methoxy groups -OCH3 is 1. The summed E-state index contributed by atoms with van der Waals surface area (Å²) < 4.78 is 32.5. The number of benzene rings is 2. The molecule has 0 bridgehead atoms. The zero-order chi connectivity index (χ0) is 24.0. The second kappa shape index (κ2) is 11.0. The first-order valence-corrected chi connectivity index (χ1v) is 13.2. The Bertz CT molecular complexity index is 1220. The third-order valence-electron chi connectivity index (χ3n) is 6.50. The molecule has 180 valence electrons. The van der Waals surface area contributed by atoms with Crippen LogP contribution < -0.4 is 10.1 Å². The van der Waals surface area contributed by atoms with Crippen LogP contribution >= 0.6 is 0 Å². The van der Waals surface area contributed by atoms with Crippen LogP contribution in [0, 0.1) is 5.92 Å². The molecule has 8 heteroatoms. The van der Waals surface area contributed by atoms with Gasteiger partial charge in [-0.2, -0.15) is 4.31 Å². The molecule has 3 aromatic rings. The minimum absolute atomic E-state index is 0.0669. The molecule has 1 aliphatic heterocycles. The molecule has 1 fully saturated rings. The number of fused-ring (bicyclic) bond motifs is 1. The number of sulfonamides is 1. The van der Waals surface area contributed by atoms with E-state index in [4.69, 9.17) is 4.74 Å². The number of unbranched alkanes of at least 4 members (excludes halogenated alkanes) is 1. The minimum Gasteiger partial charge on any atom is -0.497 e.